The molecule has 1 unspecified atom stereocenters. The largest absolute Gasteiger partial charge is 0.324 e. The van der Waals surface area contributed by atoms with Crippen molar-refractivity contribution in [2.24, 2.45) is 0 Å². The van der Waals surface area contributed by atoms with E-state index in [9.17, 15) is 9.59 Å². The third kappa shape index (κ3) is 3.63. The average molecular weight is 463 g/mol. The normalized spacial score (nSPS) is 16.4. The summed E-state index contributed by atoms with van der Waals surface area (Å²) in [6.45, 7) is -0.0815. The molecule has 1 aromatic heterocycles. The number of fused-ring (bicyclic) bond motifs is 1. The summed E-state index contributed by atoms with van der Waals surface area (Å²) >= 11 is 11.0. The van der Waals surface area contributed by atoms with Crippen molar-refractivity contribution in [2.45, 2.75) is 6.04 Å². The highest BCUT2D eigenvalue weighted by molar-refractivity contribution is 9.10. The number of carbonyl (C=O) groups excluding carboxylic acids is 2. The molecule has 2 heterocycles. The Bertz CT molecular complexity index is 1030. The number of rotatable bonds is 2. The molecule has 0 spiro atoms. The number of thiazole rings is 1. The van der Waals surface area contributed by atoms with Crippen LogP contribution in [0, 0.1) is 0 Å². The highest BCUT2D eigenvalue weighted by Crippen LogP contribution is 2.38. The summed E-state index contributed by atoms with van der Waals surface area (Å²) in [5.74, 6) is -0.550. The van der Waals surface area contributed by atoms with E-state index < -0.39 is 6.04 Å². The van der Waals surface area contributed by atoms with Crippen LogP contribution in [-0.4, -0.2) is 28.2 Å². The van der Waals surface area contributed by atoms with Crippen molar-refractivity contribution in [3.8, 4) is 0 Å². The van der Waals surface area contributed by atoms with Gasteiger partial charge in [0.1, 0.15) is 6.54 Å². The number of amides is 2. The summed E-state index contributed by atoms with van der Waals surface area (Å²) in [6, 6.07) is 12.4. The molecule has 4 rings (SSSR count). The summed E-state index contributed by atoms with van der Waals surface area (Å²) in [5, 5.41) is 5.54. The van der Waals surface area contributed by atoms with Crippen molar-refractivity contribution < 1.29 is 9.59 Å². The summed E-state index contributed by atoms with van der Waals surface area (Å²) in [5.41, 5.74) is 2.30. The molecule has 0 saturated heterocycles. The van der Waals surface area contributed by atoms with Gasteiger partial charge in [0.25, 0.3) is 5.91 Å². The first-order valence-corrected chi connectivity index (χ1v) is 10.1. The maximum atomic E-state index is 13.2. The number of nitrogens with one attached hydrogen (secondary N) is 1. The molecule has 27 heavy (non-hydrogen) atoms. The van der Waals surface area contributed by atoms with E-state index in [0.29, 0.717) is 15.7 Å². The van der Waals surface area contributed by atoms with E-state index in [2.05, 4.69) is 26.2 Å². The second-order valence-electron chi connectivity index (χ2n) is 6.01. The Kier molecular flexibility index (Phi) is 4.99. The number of hydrogen-bond donors (Lipinski definition) is 1. The molecule has 0 saturated carbocycles. The summed E-state index contributed by atoms with van der Waals surface area (Å²) in [6.07, 6.45) is 1.58. The highest BCUT2D eigenvalue weighted by atomic mass is 79.9. The van der Waals surface area contributed by atoms with Gasteiger partial charge in [-0.25, -0.2) is 4.98 Å². The predicted octanol–water partition coefficient (Wildman–Crippen LogP) is 4.74. The van der Waals surface area contributed by atoms with E-state index in [1.54, 1.807) is 17.6 Å². The van der Waals surface area contributed by atoms with Gasteiger partial charge in [0.05, 0.1) is 6.04 Å². The van der Waals surface area contributed by atoms with Crippen molar-refractivity contribution in [3.05, 3.63) is 79.7 Å². The SMILES string of the molecule is O=C1CN(C(=O)c2nccs2)C(c2cccc(Cl)c2)c2cc(Br)ccc2N1. The molecule has 2 amide bonds. The molecule has 2 aromatic carbocycles. The van der Waals surface area contributed by atoms with Crippen molar-refractivity contribution in [1.82, 2.24) is 9.88 Å². The second kappa shape index (κ2) is 7.42. The van der Waals surface area contributed by atoms with Crippen molar-refractivity contribution in [3.63, 3.8) is 0 Å². The zero-order valence-corrected chi connectivity index (χ0v) is 17.0. The number of halogens is 2. The first-order chi connectivity index (χ1) is 13.0. The Balaban J connectivity index is 1.92. The van der Waals surface area contributed by atoms with Crippen molar-refractivity contribution >= 4 is 56.4 Å². The van der Waals surface area contributed by atoms with E-state index in [0.717, 1.165) is 15.6 Å². The first-order valence-electron chi connectivity index (χ1n) is 8.08. The number of hydrogen-bond acceptors (Lipinski definition) is 4. The predicted molar refractivity (Wildman–Crippen MR) is 109 cm³/mol. The van der Waals surface area contributed by atoms with Gasteiger partial charge in [0.15, 0.2) is 5.01 Å². The fourth-order valence-electron chi connectivity index (χ4n) is 3.15. The number of anilines is 1. The summed E-state index contributed by atoms with van der Waals surface area (Å²) in [4.78, 5) is 31.3. The van der Waals surface area contributed by atoms with Crippen LogP contribution in [0.25, 0.3) is 0 Å². The molecule has 1 N–H and O–H groups in total. The van der Waals surface area contributed by atoms with Crippen LogP contribution >= 0.6 is 38.9 Å². The maximum Gasteiger partial charge on any atom is 0.284 e. The van der Waals surface area contributed by atoms with Gasteiger partial charge in [-0.15, -0.1) is 11.3 Å². The lowest BCUT2D eigenvalue weighted by atomic mass is 9.96. The number of benzene rings is 2. The van der Waals surface area contributed by atoms with Gasteiger partial charge in [0.2, 0.25) is 5.91 Å². The lowest BCUT2D eigenvalue weighted by Crippen LogP contribution is -2.38. The minimum Gasteiger partial charge on any atom is -0.324 e. The van der Waals surface area contributed by atoms with Crippen LogP contribution in [0.3, 0.4) is 0 Å². The molecule has 1 atom stereocenters. The highest BCUT2D eigenvalue weighted by Gasteiger charge is 2.35. The van der Waals surface area contributed by atoms with Gasteiger partial charge in [-0.2, -0.15) is 0 Å². The molecule has 0 aliphatic carbocycles. The molecule has 8 heteroatoms. The van der Waals surface area contributed by atoms with Crippen LogP contribution in [0.2, 0.25) is 5.02 Å². The lowest BCUT2D eigenvalue weighted by Gasteiger charge is -2.30. The fourth-order valence-corrected chi connectivity index (χ4v) is 4.32. The van der Waals surface area contributed by atoms with E-state index in [-0.39, 0.29) is 18.4 Å². The average Bonchev–Trinajstić information content (AvgIpc) is 3.13. The van der Waals surface area contributed by atoms with Crippen molar-refractivity contribution in [1.29, 1.82) is 0 Å². The fraction of sp³-hybridized carbons (Fsp3) is 0.105. The van der Waals surface area contributed by atoms with Gasteiger partial charge in [-0.3, -0.25) is 9.59 Å². The Morgan fingerprint density at radius 3 is 2.89 bits per heavy atom. The van der Waals surface area contributed by atoms with E-state index in [1.165, 1.54) is 16.2 Å². The molecule has 136 valence electrons. The molecular formula is C19H13BrClN3O2S. The topological polar surface area (TPSA) is 62.3 Å². The summed E-state index contributed by atoms with van der Waals surface area (Å²) in [7, 11) is 0. The third-order valence-corrected chi connectivity index (χ3v) is 5.74. The van der Waals surface area contributed by atoms with Crippen LogP contribution in [-0.2, 0) is 4.79 Å². The molecule has 1 aliphatic rings. The minimum atomic E-state index is -0.480. The monoisotopic (exact) mass is 461 g/mol. The van der Waals surface area contributed by atoms with E-state index >= 15 is 0 Å². The van der Waals surface area contributed by atoms with Gasteiger partial charge in [-0.05, 0) is 35.9 Å². The van der Waals surface area contributed by atoms with Crippen LogP contribution < -0.4 is 5.32 Å². The molecule has 5 nitrogen and oxygen atoms in total. The molecule has 0 bridgehead atoms. The second-order valence-corrected chi connectivity index (χ2v) is 8.25. The van der Waals surface area contributed by atoms with E-state index in [1.807, 2.05) is 36.4 Å². The minimum absolute atomic E-state index is 0.0815. The Hall–Kier alpha value is -2.22. The van der Waals surface area contributed by atoms with Gasteiger partial charge in [0, 0.05) is 32.3 Å². The lowest BCUT2D eigenvalue weighted by molar-refractivity contribution is -0.117. The van der Waals surface area contributed by atoms with Crippen LogP contribution in [0.4, 0.5) is 5.69 Å². The van der Waals surface area contributed by atoms with Gasteiger partial charge < -0.3 is 10.2 Å². The van der Waals surface area contributed by atoms with Gasteiger partial charge in [-0.1, -0.05) is 39.7 Å². The van der Waals surface area contributed by atoms with Crippen LogP contribution in [0.5, 0.6) is 0 Å². The number of aromatic nitrogens is 1. The molecule has 0 radical (unpaired) electrons. The Morgan fingerprint density at radius 2 is 2.15 bits per heavy atom. The molecule has 1 aliphatic heterocycles. The number of nitrogens with zero attached hydrogens (tertiary/aromatic N) is 2. The van der Waals surface area contributed by atoms with E-state index in [4.69, 9.17) is 11.6 Å². The number of carbonyl (C=O) groups is 2. The third-order valence-electron chi connectivity index (χ3n) is 4.25. The standard InChI is InChI=1S/C19H13BrClN3O2S/c20-12-4-5-15-14(9-12)17(11-2-1-3-13(21)8-11)24(10-16(25)23-15)19(26)18-22-6-7-27-18/h1-9,17H,10H2,(H,23,25). The molecular weight excluding hydrogens is 450 g/mol. The first kappa shape index (κ1) is 18.2. The molecule has 3 aromatic rings. The maximum absolute atomic E-state index is 13.2. The summed E-state index contributed by atoms with van der Waals surface area (Å²) < 4.78 is 0.853. The van der Waals surface area contributed by atoms with Gasteiger partial charge >= 0.3 is 0 Å². The quantitative estimate of drug-likeness (QED) is 0.598. The van der Waals surface area contributed by atoms with Crippen LogP contribution in [0.1, 0.15) is 27.0 Å². The zero-order chi connectivity index (χ0) is 19.0. The Morgan fingerprint density at radius 1 is 1.30 bits per heavy atom. The molecule has 0 fully saturated rings. The zero-order valence-electron chi connectivity index (χ0n) is 13.9. The van der Waals surface area contributed by atoms with Crippen molar-refractivity contribution in [2.75, 3.05) is 11.9 Å². The Labute approximate surface area is 173 Å². The van der Waals surface area contributed by atoms with Crippen LogP contribution in [0.15, 0.2) is 58.5 Å². The smallest absolute Gasteiger partial charge is 0.284 e.